The van der Waals surface area contributed by atoms with Gasteiger partial charge in [0.15, 0.2) is 0 Å². The predicted octanol–water partition coefficient (Wildman–Crippen LogP) is 3.22. The molecule has 1 aliphatic heterocycles. The van der Waals surface area contributed by atoms with Crippen molar-refractivity contribution in [2.24, 2.45) is 0 Å². The average Bonchev–Trinajstić information content (AvgIpc) is 2.15. The fraction of sp³-hybridized carbons (Fsp3) is 1.00. The van der Waals surface area contributed by atoms with Crippen LogP contribution in [0.3, 0.4) is 0 Å². The summed E-state index contributed by atoms with van der Waals surface area (Å²) in [5, 5.41) is 0. The normalized spacial score (nSPS) is 26.7. The molecule has 1 fully saturated rings. The van der Waals surface area contributed by atoms with E-state index in [1.807, 2.05) is 0 Å². The summed E-state index contributed by atoms with van der Waals surface area (Å²) < 4.78 is 0. The molecule has 61 valence electrons. The van der Waals surface area contributed by atoms with Crippen LogP contribution in [-0.2, 0) is 0 Å². The van der Waals surface area contributed by atoms with Gasteiger partial charge >= 0.3 is 31.6 Å². The van der Waals surface area contributed by atoms with E-state index in [-0.39, 0.29) is 14.3 Å². The van der Waals surface area contributed by atoms with Crippen molar-refractivity contribution in [3.63, 3.8) is 0 Å². The molecule has 0 nitrogen and oxygen atoms in total. The summed E-state index contributed by atoms with van der Waals surface area (Å²) in [5.74, 6) is 7.00. The SMILES string of the molecule is C[C@@H]1CCCP1.[CH3][Ge]([CH3])[CH3]. The maximum atomic E-state index is 2.35. The van der Waals surface area contributed by atoms with Gasteiger partial charge in [0.1, 0.15) is 0 Å². The monoisotopic (exact) mass is 221 g/mol. The molecule has 1 rings (SSSR count). The summed E-state index contributed by atoms with van der Waals surface area (Å²) in [5.41, 5.74) is 1.07. The van der Waals surface area contributed by atoms with Crippen LogP contribution in [0.5, 0.6) is 0 Å². The molecular weight excluding hydrogens is 200 g/mol. The van der Waals surface area contributed by atoms with Crippen LogP contribution in [0.1, 0.15) is 19.8 Å². The Kier molecular flexibility index (Phi) is 7.32. The van der Waals surface area contributed by atoms with Crippen molar-refractivity contribution in [1.29, 1.82) is 0 Å². The van der Waals surface area contributed by atoms with E-state index in [1.165, 1.54) is 27.6 Å². The van der Waals surface area contributed by atoms with Gasteiger partial charge in [-0.15, -0.1) is 8.58 Å². The Balaban J connectivity index is 0.000000180. The van der Waals surface area contributed by atoms with Gasteiger partial charge in [0.05, 0.1) is 0 Å². The number of hydrogen-bond acceptors (Lipinski definition) is 0. The fourth-order valence-corrected chi connectivity index (χ4v) is 2.17. The van der Waals surface area contributed by atoms with Crippen LogP contribution < -0.4 is 0 Å². The molecule has 0 aromatic heterocycles. The summed E-state index contributed by atoms with van der Waals surface area (Å²) >= 11 is -0.333. The zero-order valence-electron chi connectivity index (χ0n) is 7.70. The Hall–Kier alpha value is 0.973. The van der Waals surface area contributed by atoms with Crippen LogP contribution in [0.2, 0.25) is 17.3 Å². The van der Waals surface area contributed by atoms with E-state index in [2.05, 4.69) is 24.2 Å². The van der Waals surface area contributed by atoms with E-state index in [0.29, 0.717) is 0 Å². The van der Waals surface area contributed by atoms with Gasteiger partial charge in [0, 0.05) is 0 Å². The summed E-state index contributed by atoms with van der Waals surface area (Å²) in [6.07, 6.45) is 4.51. The first-order valence-corrected chi connectivity index (χ1v) is 11.7. The van der Waals surface area contributed by atoms with Crippen molar-refractivity contribution in [3.05, 3.63) is 0 Å². The Morgan fingerprint density at radius 2 is 1.80 bits per heavy atom. The quantitative estimate of drug-likeness (QED) is 0.434. The predicted molar refractivity (Wildman–Crippen MR) is 55.2 cm³/mol. The summed E-state index contributed by atoms with van der Waals surface area (Å²) in [6.45, 7) is 2.35. The molecule has 1 heterocycles. The molecule has 0 amide bonds. The van der Waals surface area contributed by atoms with Gasteiger partial charge in [-0.05, 0) is 24.7 Å². The molecule has 2 atom stereocenters. The molecule has 0 spiro atoms. The van der Waals surface area contributed by atoms with Gasteiger partial charge in [0.25, 0.3) is 0 Å². The van der Waals surface area contributed by atoms with E-state index in [0.717, 1.165) is 5.66 Å². The molecule has 0 bridgehead atoms. The van der Waals surface area contributed by atoms with Crippen molar-refractivity contribution in [2.75, 3.05) is 6.16 Å². The summed E-state index contributed by atoms with van der Waals surface area (Å²) in [7, 11) is 1.28. The number of hydrogen-bond donors (Lipinski definition) is 0. The van der Waals surface area contributed by atoms with Crippen molar-refractivity contribution >= 4 is 22.9 Å². The first-order chi connectivity index (χ1) is 4.63. The van der Waals surface area contributed by atoms with Crippen LogP contribution in [-0.4, -0.2) is 26.2 Å². The molecule has 0 saturated carbocycles. The van der Waals surface area contributed by atoms with Crippen molar-refractivity contribution in [3.8, 4) is 0 Å². The van der Waals surface area contributed by atoms with E-state index in [1.54, 1.807) is 0 Å². The van der Waals surface area contributed by atoms with E-state index < -0.39 is 0 Å². The first kappa shape index (κ1) is 11.0. The Labute approximate surface area is 72.1 Å². The topological polar surface area (TPSA) is 0 Å². The molecule has 0 aliphatic carbocycles. The van der Waals surface area contributed by atoms with Crippen molar-refractivity contribution in [2.45, 2.75) is 42.7 Å². The van der Waals surface area contributed by atoms with Crippen LogP contribution >= 0.6 is 8.58 Å². The molecule has 1 aliphatic rings. The zero-order valence-corrected chi connectivity index (χ0v) is 10.8. The molecular formula is C8H20GeP. The minimum absolute atomic E-state index is 0.333. The maximum absolute atomic E-state index is 2.35. The molecule has 1 saturated heterocycles. The third-order valence-corrected chi connectivity index (χ3v) is 2.93. The van der Waals surface area contributed by atoms with Crippen LogP contribution in [0, 0.1) is 0 Å². The summed E-state index contributed by atoms with van der Waals surface area (Å²) in [6, 6.07) is 0. The third-order valence-electron chi connectivity index (χ3n) is 1.31. The van der Waals surface area contributed by atoms with Gasteiger partial charge in [-0.3, -0.25) is 0 Å². The van der Waals surface area contributed by atoms with Gasteiger partial charge in [-0.1, -0.05) is 6.92 Å². The van der Waals surface area contributed by atoms with Gasteiger partial charge < -0.3 is 0 Å². The van der Waals surface area contributed by atoms with E-state index in [9.17, 15) is 0 Å². The number of rotatable bonds is 0. The average molecular weight is 220 g/mol. The molecule has 2 heteroatoms. The minimum atomic E-state index is -0.333. The van der Waals surface area contributed by atoms with E-state index in [4.69, 9.17) is 0 Å². The molecule has 0 aromatic rings. The second-order valence-electron chi connectivity index (χ2n) is 3.50. The summed E-state index contributed by atoms with van der Waals surface area (Å²) in [4.78, 5) is 0. The molecule has 1 unspecified atom stereocenters. The second-order valence-corrected chi connectivity index (χ2v) is 11.7. The van der Waals surface area contributed by atoms with Crippen molar-refractivity contribution < 1.29 is 0 Å². The first-order valence-electron chi connectivity index (χ1n) is 4.13. The molecule has 0 aromatic carbocycles. The van der Waals surface area contributed by atoms with Gasteiger partial charge in [-0.25, -0.2) is 0 Å². The van der Waals surface area contributed by atoms with Gasteiger partial charge in [-0.2, -0.15) is 0 Å². The van der Waals surface area contributed by atoms with Crippen LogP contribution in [0.15, 0.2) is 0 Å². The molecule has 10 heavy (non-hydrogen) atoms. The van der Waals surface area contributed by atoms with E-state index >= 15 is 0 Å². The zero-order chi connectivity index (χ0) is 7.98. The van der Waals surface area contributed by atoms with Crippen LogP contribution in [0.25, 0.3) is 0 Å². The Bertz CT molecular complexity index is 64.9. The Morgan fingerprint density at radius 3 is 1.90 bits per heavy atom. The third kappa shape index (κ3) is 8.97. The van der Waals surface area contributed by atoms with Gasteiger partial charge in [0.2, 0.25) is 0 Å². The standard InChI is InChI=1S/C5H11P.C3H9Ge/c1-5-3-2-4-6-5;1-4(2)3/h5-6H,2-4H2,1H3;1-3H3/t5-;/m1./s1. The molecule has 1 radical (unpaired) electrons. The fourth-order valence-electron chi connectivity index (χ4n) is 0.859. The van der Waals surface area contributed by atoms with Crippen LogP contribution in [0.4, 0.5) is 0 Å². The molecule has 0 N–H and O–H groups in total. The second kappa shape index (κ2) is 6.67. The Morgan fingerprint density at radius 1 is 1.30 bits per heavy atom. The van der Waals surface area contributed by atoms with Crippen molar-refractivity contribution in [1.82, 2.24) is 0 Å².